The van der Waals surface area contributed by atoms with Gasteiger partial charge in [0.05, 0.1) is 5.41 Å². The van der Waals surface area contributed by atoms with Crippen LogP contribution in [-0.2, 0) is 5.41 Å². The van der Waals surface area contributed by atoms with Crippen LogP contribution in [0.1, 0.15) is 22.3 Å². The third kappa shape index (κ3) is 5.08. The molecular weight excluding hydrogens is 853 g/mol. The molecule has 0 saturated carbocycles. The number of fused-ring (bicyclic) bond motifs is 23. The molecule has 14 aromatic carbocycles. The van der Waals surface area contributed by atoms with Crippen molar-refractivity contribution in [3.63, 3.8) is 0 Å². The molecule has 0 radical (unpaired) electrons. The lowest BCUT2D eigenvalue weighted by atomic mass is 9.68. The lowest BCUT2D eigenvalue weighted by Crippen LogP contribution is -2.26. The van der Waals surface area contributed by atoms with Crippen LogP contribution in [0.5, 0.6) is 0 Å². The predicted octanol–water partition coefficient (Wildman–Crippen LogP) is 19.1. The zero-order valence-electron chi connectivity index (χ0n) is 38.7. The van der Waals surface area contributed by atoms with Crippen molar-refractivity contribution in [2.24, 2.45) is 0 Å². The first-order valence-corrected chi connectivity index (χ1v) is 24.9. The smallest absolute Gasteiger partial charge is 0.0619 e. The fourth-order valence-electron chi connectivity index (χ4n) is 13.7. The summed E-state index contributed by atoms with van der Waals surface area (Å²) in [7, 11) is 0. The van der Waals surface area contributed by atoms with Crippen molar-refractivity contribution in [1.29, 1.82) is 0 Å². The van der Waals surface area contributed by atoms with Crippen LogP contribution in [0, 0.1) is 0 Å². The molecule has 0 atom stereocenters. The van der Waals surface area contributed by atoms with Crippen molar-refractivity contribution in [2.45, 2.75) is 5.41 Å². The molecule has 0 unspecified atom stereocenters. The minimum Gasteiger partial charge on any atom is -0.0619 e. The van der Waals surface area contributed by atoms with Gasteiger partial charge in [0.25, 0.3) is 0 Å². The van der Waals surface area contributed by atoms with Crippen LogP contribution in [0.15, 0.2) is 255 Å². The second kappa shape index (κ2) is 14.5. The van der Waals surface area contributed by atoms with Gasteiger partial charge in [0.1, 0.15) is 0 Å². The van der Waals surface area contributed by atoms with Crippen molar-refractivity contribution in [1.82, 2.24) is 0 Å². The molecule has 2 aliphatic rings. The molecule has 2 aliphatic carbocycles. The summed E-state index contributed by atoms with van der Waals surface area (Å²) < 4.78 is 0. The molecule has 16 rings (SSSR count). The van der Waals surface area contributed by atoms with Gasteiger partial charge < -0.3 is 0 Å². The first kappa shape index (κ1) is 38.8. The average Bonchev–Trinajstić information content (AvgIpc) is 3.93. The van der Waals surface area contributed by atoms with E-state index in [4.69, 9.17) is 0 Å². The molecule has 0 fully saturated rings. The molecule has 1 spiro atoms. The molecule has 71 heavy (non-hydrogen) atoms. The highest BCUT2D eigenvalue weighted by molar-refractivity contribution is 6.28. The van der Waals surface area contributed by atoms with E-state index in [2.05, 4.69) is 255 Å². The Morgan fingerprint density at radius 1 is 0.197 bits per heavy atom. The van der Waals surface area contributed by atoms with Crippen LogP contribution in [0.3, 0.4) is 0 Å². The highest BCUT2D eigenvalue weighted by Gasteiger charge is 2.54. The van der Waals surface area contributed by atoms with Crippen LogP contribution in [0.2, 0.25) is 0 Å². The molecule has 0 nitrogen and oxygen atoms in total. The van der Waals surface area contributed by atoms with Crippen LogP contribution in [0.25, 0.3) is 131 Å². The second-order valence-corrected chi connectivity index (χ2v) is 19.7. The summed E-state index contributed by atoms with van der Waals surface area (Å²) in [5.41, 5.74) is 17.8. The Morgan fingerprint density at radius 3 is 1.14 bits per heavy atom. The maximum absolute atomic E-state index is 2.48. The Balaban J connectivity index is 0.939. The van der Waals surface area contributed by atoms with Crippen LogP contribution < -0.4 is 0 Å². The maximum atomic E-state index is 2.48. The molecular formula is C71H42. The second-order valence-electron chi connectivity index (χ2n) is 19.7. The Hall–Kier alpha value is -9.10. The SMILES string of the molecule is c1ccc2c(c1)-c1ccccc1C21c2c(c3ccccc3c3ccccc23)-c2c1c1ccc(-c3ccc(-c4c5ccccc5c(-c5cccc6ccccc56)c5ccccc45)cc3)cc1c1ccccc21. The predicted molar refractivity (Wildman–Crippen MR) is 302 cm³/mol. The zero-order chi connectivity index (χ0) is 46.4. The lowest BCUT2D eigenvalue weighted by molar-refractivity contribution is 0.810. The molecule has 0 bridgehead atoms. The Bertz CT molecular complexity index is 4520. The molecule has 0 amide bonds. The highest BCUT2D eigenvalue weighted by Crippen LogP contribution is 2.68. The number of hydrogen-bond acceptors (Lipinski definition) is 0. The van der Waals surface area contributed by atoms with Gasteiger partial charge in [0, 0.05) is 0 Å². The third-order valence-corrected chi connectivity index (χ3v) is 16.4. The lowest BCUT2D eigenvalue weighted by Gasteiger charge is -2.33. The van der Waals surface area contributed by atoms with Gasteiger partial charge >= 0.3 is 0 Å². The van der Waals surface area contributed by atoms with Gasteiger partial charge in [-0.15, -0.1) is 0 Å². The summed E-state index contributed by atoms with van der Waals surface area (Å²) in [4.78, 5) is 0. The van der Waals surface area contributed by atoms with Gasteiger partial charge in [-0.2, -0.15) is 0 Å². The van der Waals surface area contributed by atoms with Crippen LogP contribution in [0.4, 0.5) is 0 Å². The fourth-order valence-corrected chi connectivity index (χ4v) is 13.7. The first-order chi connectivity index (χ1) is 35.3. The standard InChI is InChI=1S/C71H42/c1-2-20-47-44(18-1)19-17-33-53(47)66-58-30-10-8-28-56(58)65(57-29-9-11-31-59(57)66)45-38-36-43(37-39-45)46-40-41-61-62(42-46)50-23-4-7-27-55(50)68-67-54-26-6-3-21-48(54)49-22-5-12-32-60(49)69(67)71(70(61)68)63-34-15-13-24-51(63)52-25-14-16-35-64(52)71/h1-42H. The molecule has 326 valence electrons. The van der Waals surface area contributed by atoms with E-state index in [1.165, 1.54) is 153 Å². The summed E-state index contributed by atoms with van der Waals surface area (Å²) >= 11 is 0. The van der Waals surface area contributed by atoms with E-state index >= 15 is 0 Å². The van der Waals surface area contributed by atoms with Gasteiger partial charge in [-0.25, -0.2) is 0 Å². The van der Waals surface area contributed by atoms with Crippen LogP contribution >= 0.6 is 0 Å². The normalized spacial score (nSPS) is 13.2. The Labute approximate surface area is 411 Å². The molecule has 0 heteroatoms. The van der Waals surface area contributed by atoms with E-state index < -0.39 is 5.41 Å². The van der Waals surface area contributed by atoms with Crippen molar-refractivity contribution >= 4 is 75.4 Å². The summed E-state index contributed by atoms with van der Waals surface area (Å²) in [6.45, 7) is 0. The molecule has 0 saturated heterocycles. The Morgan fingerprint density at radius 2 is 0.563 bits per heavy atom. The van der Waals surface area contributed by atoms with E-state index in [9.17, 15) is 0 Å². The summed E-state index contributed by atoms with van der Waals surface area (Å²) in [5, 5.41) is 18.0. The van der Waals surface area contributed by atoms with Crippen molar-refractivity contribution in [3.05, 3.63) is 277 Å². The molecule has 0 aliphatic heterocycles. The monoisotopic (exact) mass is 894 g/mol. The number of rotatable bonds is 3. The molecule has 14 aromatic rings. The quantitative estimate of drug-likeness (QED) is 0.122. The van der Waals surface area contributed by atoms with Gasteiger partial charge in [-0.05, 0) is 159 Å². The van der Waals surface area contributed by atoms with Gasteiger partial charge in [0.15, 0.2) is 0 Å². The van der Waals surface area contributed by atoms with Gasteiger partial charge in [-0.1, -0.05) is 249 Å². The topological polar surface area (TPSA) is 0 Å². The van der Waals surface area contributed by atoms with E-state index in [0.29, 0.717) is 0 Å². The summed E-state index contributed by atoms with van der Waals surface area (Å²) in [6, 6.07) is 96.1. The Kier molecular flexibility index (Phi) is 7.91. The van der Waals surface area contributed by atoms with E-state index in [1.54, 1.807) is 0 Å². The van der Waals surface area contributed by atoms with Crippen LogP contribution in [-0.4, -0.2) is 0 Å². The van der Waals surface area contributed by atoms with E-state index in [0.717, 1.165) is 0 Å². The zero-order valence-corrected chi connectivity index (χ0v) is 38.7. The first-order valence-electron chi connectivity index (χ1n) is 24.9. The van der Waals surface area contributed by atoms with E-state index in [1.807, 2.05) is 0 Å². The molecule has 0 aromatic heterocycles. The summed E-state index contributed by atoms with van der Waals surface area (Å²) in [5.74, 6) is 0. The highest BCUT2D eigenvalue weighted by atomic mass is 14.5. The van der Waals surface area contributed by atoms with Crippen molar-refractivity contribution < 1.29 is 0 Å². The minimum absolute atomic E-state index is 0.540. The van der Waals surface area contributed by atoms with Crippen molar-refractivity contribution in [2.75, 3.05) is 0 Å². The largest absolute Gasteiger partial charge is 0.0738 e. The average molecular weight is 895 g/mol. The fraction of sp³-hybridized carbons (Fsp3) is 0.0141. The number of hydrogen-bond donors (Lipinski definition) is 0. The minimum atomic E-state index is -0.540. The van der Waals surface area contributed by atoms with Crippen molar-refractivity contribution in [3.8, 4) is 55.6 Å². The third-order valence-electron chi connectivity index (χ3n) is 16.4. The molecule has 0 N–H and O–H groups in total. The maximum Gasteiger partial charge on any atom is 0.0738 e. The van der Waals surface area contributed by atoms with Gasteiger partial charge in [0.2, 0.25) is 0 Å². The molecule has 0 heterocycles. The van der Waals surface area contributed by atoms with Gasteiger partial charge in [-0.3, -0.25) is 0 Å². The van der Waals surface area contributed by atoms with E-state index in [-0.39, 0.29) is 0 Å². The number of benzene rings is 14. The summed E-state index contributed by atoms with van der Waals surface area (Å²) in [6.07, 6.45) is 0.